The summed E-state index contributed by atoms with van der Waals surface area (Å²) in [7, 11) is 0. The van der Waals surface area contributed by atoms with Crippen LogP contribution in [-0.4, -0.2) is 15.9 Å². The van der Waals surface area contributed by atoms with E-state index in [1.165, 1.54) is 23.5 Å². The third kappa shape index (κ3) is 4.25. The van der Waals surface area contributed by atoms with Crippen LogP contribution in [0.1, 0.15) is 11.3 Å². The number of esters is 1. The van der Waals surface area contributed by atoms with Gasteiger partial charge in [0.15, 0.2) is 0 Å². The molecule has 0 saturated carbocycles. The molecule has 0 amide bonds. The molecule has 0 spiro atoms. The second-order valence-corrected chi connectivity index (χ2v) is 6.80. The molecule has 0 N–H and O–H groups in total. The number of rotatable bonds is 5. The molecule has 0 aliphatic carbocycles. The molecule has 0 unspecified atom stereocenters. The van der Waals surface area contributed by atoms with Crippen molar-refractivity contribution < 1.29 is 14.5 Å². The molecule has 0 bridgehead atoms. The number of nitro groups is 1. The van der Waals surface area contributed by atoms with E-state index in [2.05, 4.69) is 4.98 Å². The van der Waals surface area contributed by atoms with Gasteiger partial charge in [0.05, 0.1) is 22.1 Å². The first kappa shape index (κ1) is 18.0. The highest BCUT2D eigenvalue weighted by molar-refractivity contribution is 7.13. The SMILES string of the molecule is Cc1cccc(-c2nc(CC(=O)Oc3ccc([N+](=O)[O-])cc3Cl)cs2)c1. The van der Waals surface area contributed by atoms with Gasteiger partial charge in [0.1, 0.15) is 10.8 Å². The molecule has 1 heterocycles. The van der Waals surface area contributed by atoms with Crippen molar-refractivity contribution in [2.45, 2.75) is 13.3 Å². The van der Waals surface area contributed by atoms with Gasteiger partial charge in [0.25, 0.3) is 5.69 Å². The van der Waals surface area contributed by atoms with E-state index in [-0.39, 0.29) is 22.9 Å². The summed E-state index contributed by atoms with van der Waals surface area (Å²) in [5, 5.41) is 13.3. The van der Waals surface area contributed by atoms with Crippen molar-refractivity contribution in [1.29, 1.82) is 0 Å². The Balaban J connectivity index is 1.68. The van der Waals surface area contributed by atoms with Gasteiger partial charge >= 0.3 is 5.97 Å². The molecule has 3 aromatic rings. The van der Waals surface area contributed by atoms with E-state index >= 15 is 0 Å². The Morgan fingerprint density at radius 3 is 2.81 bits per heavy atom. The van der Waals surface area contributed by atoms with Crippen LogP contribution in [0.5, 0.6) is 5.75 Å². The average Bonchev–Trinajstić information content (AvgIpc) is 3.05. The maximum Gasteiger partial charge on any atom is 0.317 e. The van der Waals surface area contributed by atoms with Gasteiger partial charge in [0.2, 0.25) is 0 Å². The van der Waals surface area contributed by atoms with E-state index in [1.54, 1.807) is 5.38 Å². The van der Waals surface area contributed by atoms with Crippen molar-refractivity contribution in [3.8, 4) is 16.3 Å². The van der Waals surface area contributed by atoms with Gasteiger partial charge in [-0.3, -0.25) is 14.9 Å². The standard InChI is InChI=1S/C18H13ClN2O4S/c1-11-3-2-4-12(7-11)18-20-13(10-26-18)8-17(22)25-16-6-5-14(21(23)24)9-15(16)19/h2-7,9-10H,8H2,1H3. The van der Waals surface area contributed by atoms with Crippen LogP contribution in [-0.2, 0) is 11.2 Å². The molecule has 0 saturated heterocycles. The van der Waals surface area contributed by atoms with Gasteiger partial charge in [-0.15, -0.1) is 11.3 Å². The van der Waals surface area contributed by atoms with E-state index in [4.69, 9.17) is 16.3 Å². The Hall–Kier alpha value is -2.77. The number of aryl methyl sites for hydroxylation is 1. The number of nitro benzene ring substituents is 1. The van der Waals surface area contributed by atoms with E-state index in [1.807, 2.05) is 31.2 Å². The number of carbonyl (C=O) groups is 1. The average molecular weight is 389 g/mol. The molecule has 1 aromatic heterocycles. The van der Waals surface area contributed by atoms with Crippen molar-refractivity contribution >= 4 is 34.6 Å². The summed E-state index contributed by atoms with van der Waals surface area (Å²) in [6.45, 7) is 2.00. The zero-order valence-electron chi connectivity index (χ0n) is 13.6. The summed E-state index contributed by atoms with van der Waals surface area (Å²) >= 11 is 7.37. The number of halogens is 1. The second-order valence-electron chi connectivity index (χ2n) is 5.54. The number of benzene rings is 2. The molecule has 0 radical (unpaired) electrons. The van der Waals surface area contributed by atoms with Crippen LogP contribution in [0.25, 0.3) is 10.6 Å². The molecule has 3 rings (SSSR count). The van der Waals surface area contributed by atoms with E-state index < -0.39 is 10.9 Å². The minimum atomic E-state index is -0.570. The molecule has 6 nitrogen and oxygen atoms in total. The lowest BCUT2D eigenvalue weighted by Crippen LogP contribution is -2.11. The summed E-state index contributed by atoms with van der Waals surface area (Å²) in [6.07, 6.45) is -0.0182. The summed E-state index contributed by atoms with van der Waals surface area (Å²) in [6, 6.07) is 11.6. The largest absolute Gasteiger partial charge is 0.425 e. The molecule has 0 fully saturated rings. The van der Waals surface area contributed by atoms with Crippen molar-refractivity contribution in [1.82, 2.24) is 4.98 Å². The van der Waals surface area contributed by atoms with Crippen molar-refractivity contribution in [2.24, 2.45) is 0 Å². The highest BCUT2D eigenvalue weighted by atomic mass is 35.5. The number of nitrogens with zero attached hydrogens (tertiary/aromatic N) is 2. The number of ether oxygens (including phenoxy) is 1. The normalized spacial score (nSPS) is 10.5. The first-order valence-electron chi connectivity index (χ1n) is 7.58. The quantitative estimate of drug-likeness (QED) is 0.270. The molecule has 2 aromatic carbocycles. The molecule has 132 valence electrons. The zero-order valence-corrected chi connectivity index (χ0v) is 15.2. The van der Waals surface area contributed by atoms with Gasteiger partial charge < -0.3 is 4.74 Å². The molecule has 0 aliphatic heterocycles. The first-order chi connectivity index (χ1) is 12.4. The number of hydrogen-bond acceptors (Lipinski definition) is 6. The number of carbonyl (C=O) groups excluding carboxylic acids is 1. The molecule has 0 atom stereocenters. The second kappa shape index (κ2) is 7.63. The van der Waals surface area contributed by atoms with Gasteiger partial charge in [-0.2, -0.15) is 0 Å². The smallest absolute Gasteiger partial charge is 0.317 e. The highest BCUT2D eigenvalue weighted by Crippen LogP contribution is 2.29. The fraction of sp³-hybridized carbons (Fsp3) is 0.111. The van der Waals surface area contributed by atoms with Crippen LogP contribution in [0, 0.1) is 17.0 Å². The van der Waals surface area contributed by atoms with E-state index in [0.717, 1.165) is 22.2 Å². The maximum absolute atomic E-state index is 12.1. The first-order valence-corrected chi connectivity index (χ1v) is 8.84. The van der Waals surface area contributed by atoms with Crippen LogP contribution in [0.2, 0.25) is 5.02 Å². The highest BCUT2D eigenvalue weighted by Gasteiger charge is 2.15. The lowest BCUT2D eigenvalue weighted by atomic mass is 10.1. The zero-order chi connectivity index (χ0) is 18.7. The van der Waals surface area contributed by atoms with Gasteiger partial charge in [-0.25, -0.2) is 4.98 Å². The van der Waals surface area contributed by atoms with Crippen LogP contribution >= 0.6 is 22.9 Å². The predicted octanol–water partition coefficient (Wildman–Crippen LogP) is 4.83. The van der Waals surface area contributed by atoms with Gasteiger partial charge in [-0.05, 0) is 19.1 Å². The fourth-order valence-electron chi connectivity index (χ4n) is 2.29. The Bertz CT molecular complexity index is 987. The van der Waals surface area contributed by atoms with E-state index in [0.29, 0.717) is 5.69 Å². The van der Waals surface area contributed by atoms with Crippen LogP contribution in [0.4, 0.5) is 5.69 Å². The molecule has 26 heavy (non-hydrogen) atoms. The lowest BCUT2D eigenvalue weighted by Gasteiger charge is -2.05. The summed E-state index contributed by atoms with van der Waals surface area (Å²) in [5.41, 5.74) is 2.55. The topological polar surface area (TPSA) is 82.3 Å². The van der Waals surface area contributed by atoms with Crippen LogP contribution in [0.3, 0.4) is 0 Å². The van der Waals surface area contributed by atoms with Gasteiger partial charge in [0, 0.05) is 23.1 Å². The number of aromatic nitrogens is 1. The van der Waals surface area contributed by atoms with Crippen molar-refractivity contribution in [3.05, 3.63) is 74.2 Å². The number of non-ortho nitro benzene ring substituents is 1. The fourth-order valence-corrected chi connectivity index (χ4v) is 3.32. The molecular weight excluding hydrogens is 376 g/mol. The summed E-state index contributed by atoms with van der Waals surface area (Å²) < 4.78 is 5.19. The third-order valence-corrected chi connectivity index (χ3v) is 4.73. The third-order valence-electron chi connectivity index (χ3n) is 3.49. The Labute approximate surface area is 158 Å². The van der Waals surface area contributed by atoms with Crippen LogP contribution < -0.4 is 4.74 Å². The van der Waals surface area contributed by atoms with E-state index in [9.17, 15) is 14.9 Å². The van der Waals surface area contributed by atoms with Crippen LogP contribution in [0.15, 0.2) is 47.8 Å². The Kier molecular flexibility index (Phi) is 5.29. The van der Waals surface area contributed by atoms with Crippen molar-refractivity contribution in [3.63, 3.8) is 0 Å². The molecule has 8 heteroatoms. The van der Waals surface area contributed by atoms with Crippen molar-refractivity contribution in [2.75, 3.05) is 0 Å². The maximum atomic E-state index is 12.1. The molecular formula is C18H13ClN2O4S. The minimum absolute atomic E-state index is 0.00581. The predicted molar refractivity (Wildman–Crippen MR) is 99.7 cm³/mol. The monoisotopic (exact) mass is 388 g/mol. The summed E-state index contributed by atoms with van der Waals surface area (Å²) in [5.74, 6) is -0.460. The Morgan fingerprint density at radius 2 is 2.12 bits per heavy atom. The lowest BCUT2D eigenvalue weighted by molar-refractivity contribution is -0.384. The minimum Gasteiger partial charge on any atom is -0.425 e. The Morgan fingerprint density at radius 1 is 1.31 bits per heavy atom. The summed E-state index contributed by atoms with van der Waals surface area (Å²) in [4.78, 5) is 26.7. The van der Waals surface area contributed by atoms with Gasteiger partial charge in [-0.1, -0.05) is 35.4 Å². The number of hydrogen-bond donors (Lipinski definition) is 0. The number of thiazole rings is 1. The molecule has 0 aliphatic rings.